The summed E-state index contributed by atoms with van der Waals surface area (Å²) in [5.74, 6) is -2.30. The Morgan fingerprint density at radius 1 is 1.52 bits per heavy atom. The van der Waals surface area contributed by atoms with E-state index in [-0.39, 0.29) is 27.5 Å². The maximum atomic E-state index is 13.8. The number of nitriles is 1. The fourth-order valence-electron chi connectivity index (χ4n) is 2.36. The van der Waals surface area contributed by atoms with Crippen LogP contribution >= 0.6 is 11.6 Å². The number of benzene rings is 1. The van der Waals surface area contributed by atoms with Gasteiger partial charge in [0.15, 0.2) is 0 Å². The molecule has 0 saturated heterocycles. The lowest BCUT2D eigenvalue weighted by molar-refractivity contribution is 0.0695. The van der Waals surface area contributed by atoms with Crippen LogP contribution in [0.1, 0.15) is 34.8 Å². The Balaban J connectivity index is 2.56. The summed E-state index contributed by atoms with van der Waals surface area (Å²) in [6, 6.07) is 2.69. The van der Waals surface area contributed by atoms with Crippen molar-refractivity contribution in [3.63, 3.8) is 0 Å². The van der Waals surface area contributed by atoms with E-state index in [0.29, 0.717) is 0 Å². The zero-order valence-electron chi connectivity index (χ0n) is 10.6. The Labute approximate surface area is 122 Å². The lowest BCUT2D eigenvalue weighted by Gasteiger charge is -2.13. The first-order chi connectivity index (χ1) is 9.95. The molecule has 1 heterocycles. The lowest BCUT2D eigenvalue weighted by Crippen LogP contribution is -2.19. The van der Waals surface area contributed by atoms with E-state index in [2.05, 4.69) is 0 Å². The maximum Gasteiger partial charge on any atom is 0.341 e. The van der Waals surface area contributed by atoms with Gasteiger partial charge in [-0.1, -0.05) is 11.6 Å². The summed E-state index contributed by atoms with van der Waals surface area (Å²) in [4.78, 5) is 23.4. The van der Waals surface area contributed by atoms with Crippen LogP contribution in [0.3, 0.4) is 0 Å². The van der Waals surface area contributed by atoms with Crippen molar-refractivity contribution in [3.05, 3.63) is 44.5 Å². The van der Waals surface area contributed by atoms with E-state index in [1.165, 1.54) is 6.20 Å². The molecule has 1 aromatic carbocycles. The van der Waals surface area contributed by atoms with Crippen molar-refractivity contribution in [2.75, 3.05) is 0 Å². The summed E-state index contributed by atoms with van der Waals surface area (Å²) in [6.45, 7) is 0. The molecule has 1 N–H and O–H groups in total. The van der Waals surface area contributed by atoms with Crippen LogP contribution in [0.4, 0.5) is 4.39 Å². The molecule has 0 unspecified atom stereocenters. The summed E-state index contributed by atoms with van der Waals surface area (Å²) in [6.07, 6.45) is 2.81. The number of nitrogens with zero attached hydrogens (tertiary/aromatic N) is 2. The Morgan fingerprint density at radius 2 is 2.19 bits per heavy atom. The van der Waals surface area contributed by atoms with Crippen LogP contribution < -0.4 is 5.43 Å². The van der Waals surface area contributed by atoms with E-state index in [0.717, 1.165) is 18.9 Å². The quantitative estimate of drug-likeness (QED) is 0.924. The van der Waals surface area contributed by atoms with Gasteiger partial charge in [0.05, 0.1) is 21.5 Å². The van der Waals surface area contributed by atoms with E-state index in [1.54, 1.807) is 10.6 Å². The van der Waals surface area contributed by atoms with Gasteiger partial charge in [-0.15, -0.1) is 0 Å². The third kappa shape index (κ3) is 1.98. The van der Waals surface area contributed by atoms with Gasteiger partial charge < -0.3 is 9.67 Å². The predicted octanol–water partition coefficient (Wildman–Crippen LogP) is 2.70. The van der Waals surface area contributed by atoms with Crippen molar-refractivity contribution < 1.29 is 14.3 Å². The SMILES string of the molecule is N#Cc1c(Cl)c(F)cc2c(=O)c(C(=O)O)cn(C3CC3)c12. The number of fused-ring (bicyclic) bond motifs is 1. The van der Waals surface area contributed by atoms with E-state index < -0.39 is 22.8 Å². The Bertz CT molecular complexity index is 894. The minimum Gasteiger partial charge on any atom is -0.477 e. The zero-order valence-corrected chi connectivity index (χ0v) is 11.3. The lowest BCUT2D eigenvalue weighted by atomic mass is 10.1. The number of hydrogen-bond acceptors (Lipinski definition) is 3. The third-order valence-electron chi connectivity index (χ3n) is 3.49. The van der Waals surface area contributed by atoms with Gasteiger partial charge in [0.1, 0.15) is 17.4 Å². The van der Waals surface area contributed by atoms with Gasteiger partial charge in [-0.05, 0) is 18.9 Å². The van der Waals surface area contributed by atoms with Crippen molar-refractivity contribution in [3.8, 4) is 6.07 Å². The highest BCUT2D eigenvalue weighted by atomic mass is 35.5. The van der Waals surface area contributed by atoms with Crippen molar-refractivity contribution >= 4 is 28.5 Å². The molecule has 1 fully saturated rings. The second-order valence-electron chi connectivity index (χ2n) is 4.87. The summed E-state index contributed by atoms with van der Waals surface area (Å²) in [5.41, 5.74) is -1.21. The molecule has 2 aromatic rings. The van der Waals surface area contributed by atoms with E-state index in [9.17, 15) is 19.2 Å². The monoisotopic (exact) mass is 306 g/mol. The van der Waals surface area contributed by atoms with Crippen LogP contribution in [-0.2, 0) is 0 Å². The van der Waals surface area contributed by atoms with Crippen LogP contribution in [0.25, 0.3) is 10.9 Å². The van der Waals surface area contributed by atoms with E-state index >= 15 is 0 Å². The van der Waals surface area contributed by atoms with Crippen LogP contribution in [-0.4, -0.2) is 15.6 Å². The second-order valence-corrected chi connectivity index (χ2v) is 5.25. The molecular weight excluding hydrogens is 299 g/mol. The Morgan fingerprint density at radius 3 is 2.71 bits per heavy atom. The highest BCUT2D eigenvalue weighted by Gasteiger charge is 2.29. The number of carboxylic acids is 1. The summed E-state index contributed by atoms with van der Waals surface area (Å²) in [7, 11) is 0. The van der Waals surface area contributed by atoms with E-state index in [4.69, 9.17) is 16.7 Å². The molecule has 0 amide bonds. The minimum absolute atomic E-state index is 0.000159. The smallest absolute Gasteiger partial charge is 0.341 e. The average Bonchev–Trinajstić information content (AvgIpc) is 3.26. The second kappa shape index (κ2) is 4.57. The zero-order chi connectivity index (χ0) is 15.3. The Hall–Kier alpha value is -2.39. The van der Waals surface area contributed by atoms with Crippen LogP contribution in [0.15, 0.2) is 17.1 Å². The van der Waals surface area contributed by atoms with Crippen molar-refractivity contribution in [1.82, 2.24) is 4.57 Å². The standard InChI is InChI=1S/C14H8ClFN2O3/c15-11-8(4-17)12-7(3-10(11)16)13(19)9(14(20)21)5-18(12)6-1-2-6/h3,5-6H,1-2H2,(H,20,21). The van der Waals surface area contributed by atoms with Gasteiger partial charge in [-0.3, -0.25) is 4.79 Å². The first-order valence-corrected chi connectivity index (χ1v) is 6.53. The van der Waals surface area contributed by atoms with Crippen LogP contribution in [0.2, 0.25) is 5.02 Å². The number of carboxylic acid groups (broad SMARTS) is 1. The van der Waals surface area contributed by atoms with Gasteiger partial charge in [0, 0.05) is 12.2 Å². The van der Waals surface area contributed by atoms with Crippen LogP contribution in [0, 0.1) is 17.1 Å². The summed E-state index contributed by atoms with van der Waals surface area (Å²) in [5, 5.41) is 17.8. The molecule has 0 atom stereocenters. The van der Waals surface area contributed by atoms with Gasteiger partial charge >= 0.3 is 5.97 Å². The number of pyridine rings is 1. The molecule has 3 rings (SSSR count). The predicted molar refractivity (Wildman–Crippen MR) is 73.1 cm³/mol. The molecule has 106 valence electrons. The first kappa shape index (κ1) is 13.6. The molecular formula is C14H8ClFN2O3. The average molecular weight is 307 g/mol. The number of hydrogen-bond donors (Lipinski definition) is 1. The molecule has 1 saturated carbocycles. The van der Waals surface area contributed by atoms with Gasteiger partial charge in [-0.2, -0.15) is 5.26 Å². The highest BCUT2D eigenvalue weighted by molar-refractivity contribution is 6.33. The molecule has 0 bridgehead atoms. The highest BCUT2D eigenvalue weighted by Crippen LogP contribution is 2.39. The summed E-state index contributed by atoms with van der Waals surface area (Å²) >= 11 is 5.79. The maximum absolute atomic E-state index is 13.8. The number of halogens is 2. The van der Waals surface area contributed by atoms with Crippen molar-refractivity contribution in [2.24, 2.45) is 0 Å². The molecule has 21 heavy (non-hydrogen) atoms. The van der Waals surface area contributed by atoms with Gasteiger partial charge in [-0.25, -0.2) is 9.18 Å². The van der Waals surface area contributed by atoms with Crippen LogP contribution in [0.5, 0.6) is 0 Å². The fraction of sp³-hybridized carbons (Fsp3) is 0.214. The molecule has 5 nitrogen and oxygen atoms in total. The number of aromatic nitrogens is 1. The third-order valence-corrected chi connectivity index (χ3v) is 3.86. The molecule has 0 aliphatic heterocycles. The van der Waals surface area contributed by atoms with Gasteiger partial charge in [0.2, 0.25) is 5.43 Å². The van der Waals surface area contributed by atoms with Crippen molar-refractivity contribution in [2.45, 2.75) is 18.9 Å². The molecule has 1 aliphatic carbocycles. The number of rotatable bonds is 2. The first-order valence-electron chi connectivity index (χ1n) is 6.16. The fourth-order valence-corrected chi connectivity index (χ4v) is 2.55. The number of carbonyl (C=O) groups is 1. The molecule has 7 heteroatoms. The Kier molecular flexibility index (Phi) is 2.96. The van der Waals surface area contributed by atoms with E-state index in [1.807, 2.05) is 0 Å². The minimum atomic E-state index is -1.38. The summed E-state index contributed by atoms with van der Waals surface area (Å²) < 4.78 is 15.3. The molecule has 0 radical (unpaired) electrons. The van der Waals surface area contributed by atoms with Crippen molar-refractivity contribution in [1.29, 1.82) is 5.26 Å². The van der Waals surface area contributed by atoms with Gasteiger partial charge in [0.25, 0.3) is 0 Å². The topological polar surface area (TPSA) is 83.1 Å². The molecule has 1 aromatic heterocycles. The largest absolute Gasteiger partial charge is 0.477 e. The molecule has 1 aliphatic rings. The molecule has 0 spiro atoms. The normalized spacial score (nSPS) is 14.1. The number of aromatic carboxylic acids is 1.